The van der Waals surface area contributed by atoms with Gasteiger partial charge >= 0.3 is 6.09 Å². The number of likely N-dealkylation sites (tertiary alicyclic amines) is 1. The third-order valence-corrected chi connectivity index (χ3v) is 5.89. The Morgan fingerprint density at radius 2 is 1.94 bits per heavy atom. The number of H-pyrrole nitrogens is 1. The molecule has 1 saturated heterocycles. The third kappa shape index (κ3) is 3.91. The van der Waals surface area contributed by atoms with Gasteiger partial charge in [-0.15, -0.1) is 5.10 Å². The van der Waals surface area contributed by atoms with E-state index in [4.69, 9.17) is 16.3 Å². The Morgan fingerprint density at radius 1 is 1.15 bits per heavy atom. The summed E-state index contributed by atoms with van der Waals surface area (Å²) in [6.45, 7) is 1.31. The van der Waals surface area contributed by atoms with E-state index in [-0.39, 0.29) is 22.8 Å². The van der Waals surface area contributed by atoms with E-state index < -0.39 is 23.0 Å². The van der Waals surface area contributed by atoms with Gasteiger partial charge in [0.05, 0.1) is 12.1 Å². The van der Waals surface area contributed by atoms with Crippen molar-refractivity contribution in [2.45, 2.75) is 19.4 Å². The van der Waals surface area contributed by atoms with Crippen molar-refractivity contribution < 1.29 is 14.6 Å². The van der Waals surface area contributed by atoms with Crippen LogP contribution in [-0.4, -0.2) is 44.0 Å². The summed E-state index contributed by atoms with van der Waals surface area (Å²) >= 11 is 5.99. The number of halogens is 1. The van der Waals surface area contributed by atoms with Crippen molar-refractivity contribution in [3.8, 4) is 11.6 Å². The van der Waals surface area contributed by atoms with Gasteiger partial charge in [0, 0.05) is 23.5 Å². The Kier molecular flexibility index (Phi) is 5.26. The van der Waals surface area contributed by atoms with Crippen molar-refractivity contribution in [3.05, 3.63) is 73.6 Å². The fourth-order valence-corrected chi connectivity index (χ4v) is 4.20. The van der Waals surface area contributed by atoms with Crippen LogP contribution in [0.3, 0.4) is 0 Å². The Bertz CT molecular complexity index is 1520. The van der Waals surface area contributed by atoms with E-state index in [0.29, 0.717) is 34.9 Å². The number of carbonyl (C=O) groups excluding carboxylic acids is 1. The summed E-state index contributed by atoms with van der Waals surface area (Å²) in [5.41, 5.74) is -0.231. The molecule has 1 aliphatic rings. The molecule has 0 saturated carbocycles. The molecule has 1 fully saturated rings. The highest BCUT2D eigenvalue weighted by molar-refractivity contribution is 6.31. The lowest BCUT2D eigenvalue weighted by molar-refractivity contribution is 0.162. The highest BCUT2D eigenvalue weighted by Gasteiger charge is 2.20. The fourth-order valence-electron chi connectivity index (χ4n) is 4.03. The van der Waals surface area contributed by atoms with Crippen LogP contribution >= 0.6 is 11.6 Å². The molecule has 33 heavy (non-hydrogen) atoms. The number of benzene rings is 2. The quantitative estimate of drug-likeness (QED) is 0.447. The maximum atomic E-state index is 13.1. The van der Waals surface area contributed by atoms with Crippen LogP contribution in [0.2, 0.25) is 5.02 Å². The summed E-state index contributed by atoms with van der Waals surface area (Å²) in [4.78, 5) is 42.9. The highest BCUT2D eigenvalue weighted by atomic mass is 35.5. The molecule has 9 nitrogen and oxygen atoms in total. The number of aromatic nitrogens is 3. The first-order valence-electron chi connectivity index (χ1n) is 10.4. The first kappa shape index (κ1) is 21.0. The van der Waals surface area contributed by atoms with E-state index in [9.17, 15) is 19.5 Å². The van der Waals surface area contributed by atoms with Crippen molar-refractivity contribution >= 4 is 39.5 Å². The van der Waals surface area contributed by atoms with Crippen LogP contribution < -0.4 is 15.7 Å². The second-order valence-electron chi connectivity index (χ2n) is 7.89. The number of aromatic hydroxyl groups is 1. The molecular formula is C23H19ClN4O5. The summed E-state index contributed by atoms with van der Waals surface area (Å²) in [7, 11) is 0. The second kappa shape index (κ2) is 8.25. The van der Waals surface area contributed by atoms with Crippen LogP contribution in [-0.2, 0) is 6.54 Å². The topological polar surface area (TPSA) is 118 Å². The van der Waals surface area contributed by atoms with Gasteiger partial charge in [0.15, 0.2) is 0 Å². The van der Waals surface area contributed by atoms with Crippen molar-refractivity contribution in [3.63, 3.8) is 0 Å². The molecule has 2 aromatic heterocycles. The molecule has 5 rings (SSSR count). The average molecular weight is 467 g/mol. The number of hydrogen-bond acceptors (Lipinski definition) is 6. The Labute approximate surface area is 191 Å². The minimum Gasteiger partial charge on any atom is -0.491 e. The van der Waals surface area contributed by atoms with Gasteiger partial charge in [0.1, 0.15) is 16.7 Å². The van der Waals surface area contributed by atoms with E-state index in [1.54, 1.807) is 35.2 Å². The molecule has 0 spiro atoms. The van der Waals surface area contributed by atoms with E-state index in [1.165, 1.54) is 12.1 Å². The van der Waals surface area contributed by atoms with Crippen LogP contribution in [0.15, 0.2) is 52.1 Å². The molecular weight excluding hydrogens is 448 g/mol. The number of fused-ring (bicyclic) bond motifs is 2. The van der Waals surface area contributed by atoms with E-state index in [1.807, 2.05) is 0 Å². The number of ether oxygens (including phenoxy) is 1. The summed E-state index contributed by atoms with van der Waals surface area (Å²) in [5.74, 6) is -0.150. The predicted octanol–water partition coefficient (Wildman–Crippen LogP) is 3.24. The van der Waals surface area contributed by atoms with E-state index >= 15 is 0 Å². The molecule has 1 aliphatic heterocycles. The van der Waals surface area contributed by atoms with Crippen LogP contribution in [0.25, 0.3) is 21.8 Å². The fraction of sp³-hybridized carbons (Fsp3) is 0.217. The monoisotopic (exact) mass is 466 g/mol. The molecule has 1 amide bonds. The predicted molar refractivity (Wildman–Crippen MR) is 123 cm³/mol. The summed E-state index contributed by atoms with van der Waals surface area (Å²) in [6, 6.07) is 11.3. The Hall–Kier alpha value is -3.85. The number of aromatic amines is 1. The molecule has 2 N–H and O–H groups in total. The zero-order chi connectivity index (χ0) is 23.1. The number of pyridine rings is 1. The van der Waals surface area contributed by atoms with Gasteiger partial charge in [-0.2, -0.15) is 0 Å². The number of carbonyl (C=O) groups is 1. The molecule has 0 atom stereocenters. The molecule has 0 radical (unpaired) electrons. The molecule has 3 heterocycles. The van der Waals surface area contributed by atoms with Gasteiger partial charge in [-0.25, -0.2) is 9.48 Å². The normalized spacial score (nSPS) is 13.7. The summed E-state index contributed by atoms with van der Waals surface area (Å²) in [5, 5.41) is 14.9. The summed E-state index contributed by atoms with van der Waals surface area (Å²) < 4.78 is 6.45. The maximum absolute atomic E-state index is 13.1. The maximum Gasteiger partial charge on any atom is 0.415 e. The van der Waals surface area contributed by atoms with E-state index in [2.05, 4.69) is 10.1 Å². The van der Waals surface area contributed by atoms with Gasteiger partial charge < -0.3 is 19.7 Å². The number of rotatable bonds is 3. The highest BCUT2D eigenvalue weighted by Crippen LogP contribution is 2.22. The van der Waals surface area contributed by atoms with Crippen molar-refractivity contribution in [2.24, 2.45) is 0 Å². The zero-order valence-corrected chi connectivity index (χ0v) is 18.1. The number of amides is 1. The molecule has 168 valence electrons. The van der Waals surface area contributed by atoms with Gasteiger partial charge in [-0.3, -0.25) is 9.59 Å². The second-order valence-corrected chi connectivity index (χ2v) is 8.33. The lowest BCUT2D eigenvalue weighted by Crippen LogP contribution is -2.30. The minimum atomic E-state index is -0.652. The largest absolute Gasteiger partial charge is 0.491 e. The van der Waals surface area contributed by atoms with Gasteiger partial charge in [0.2, 0.25) is 5.43 Å². The zero-order valence-electron chi connectivity index (χ0n) is 17.4. The van der Waals surface area contributed by atoms with Crippen LogP contribution in [0.4, 0.5) is 4.79 Å². The number of nitrogens with zero attached hydrogens (tertiary/aromatic N) is 3. The lowest BCUT2D eigenvalue weighted by Gasteiger charge is -2.15. The van der Waals surface area contributed by atoms with Gasteiger partial charge in [-0.1, -0.05) is 23.7 Å². The lowest BCUT2D eigenvalue weighted by atomic mass is 10.1. The molecule has 0 unspecified atom stereocenters. The van der Waals surface area contributed by atoms with Crippen LogP contribution in [0, 0.1) is 0 Å². The Balaban J connectivity index is 1.51. The van der Waals surface area contributed by atoms with Crippen molar-refractivity contribution in [1.29, 1.82) is 0 Å². The number of nitrogens with one attached hydrogen (secondary N) is 1. The van der Waals surface area contributed by atoms with Gasteiger partial charge in [0.25, 0.3) is 11.4 Å². The molecule has 10 heteroatoms. The Morgan fingerprint density at radius 3 is 2.73 bits per heavy atom. The first-order chi connectivity index (χ1) is 15.9. The minimum absolute atomic E-state index is 0.0322. The smallest absolute Gasteiger partial charge is 0.415 e. The number of hydrogen-bond donors (Lipinski definition) is 2. The van der Waals surface area contributed by atoms with Crippen LogP contribution in [0.1, 0.15) is 18.4 Å². The molecule has 4 aromatic rings. The van der Waals surface area contributed by atoms with Gasteiger partial charge in [-0.05, 0) is 48.7 Å². The molecule has 2 aromatic carbocycles. The summed E-state index contributed by atoms with van der Waals surface area (Å²) in [6.07, 6.45) is 1.50. The average Bonchev–Trinajstić information content (AvgIpc) is 3.32. The molecule has 0 bridgehead atoms. The SMILES string of the molecule is O=C(Oc1cccc(Cn2nc(O)c3[nH]c4cc(Cl)ccc4c(=O)c3c2=O)c1)N1CCCC1. The first-order valence-corrected chi connectivity index (χ1v) is 10.8. The van der Waals surface area contributed by atoms with E-state index in [0.717, 1.165) is 17.5 Å². The third-order valence-electron chi connectivity index (χ3n) is 5.65. The molecule has 0 aliphatic carbocycles. The standard InChI is InChI=1S/C23H19ClN4O5/c24-14-6-7-16-17(11-14)25-19-18(20(16)29)22(31)28(26-21(19)30)12-13-4-3-5-15(10-13)33-23(32)27-8-1-2-9-27/h3-7,10-11H,1-2,8-9,12H2,(H,25,29)(H,26,30). The van der Waals surface area contributed by atoms with Crippen molar-refractivity contribution in [1.82, 2.24) is 19.7 Å². The van der Waals surface area contributed by atoms with Crippen molar-refractivity contribution in [2.75, 3.05) is 13.1 Å². The van der Waals surface area contributed by atoms with Crippen LogP contribution in [0.5, 0.6) is 11.6 Å².